The Morgan fingerprint density at radius 2 is 1.96 bits per heavy atom. The van der Waals surface area contributed by atoms with Gasteiger partial charge in [0.2, 0.25) is 0 Å². The minimum Gasteiger partial charge on any atom is -0.490 e. The normalized spacial score (nSPS) is 14.3. The monoisotopic (exact) mass is 394 g/mol. The van der Waals surface area contributed by atoms with Crippen molar-refractivity contribution in [2.75, 3.05) is 0 Å². The number of carbonyl (C=O) groups excluding carboxylic acids is 2. The summed E-state index contributed by atoms with van der Waals surface area (Å²) in [5.74, 6) is 0.993. The number of Topliss-reactive ketones (excluding diaryl/α,β-unsaturated/α-hetero) is 2. The van der Waals surface area contributed by atoms with Crippen LogP contribution in [0.1, 0.15) is 51.6 Å². The van der Waals surface area contributed by atoms with E-state index >= 15 is 0 Å². The molecule has 4 rings (SSSR count). The predicted octanol–water partition coefficient (Wildman–Crippen LogP) is 4.17. The fraction of sp³-hybridized carbons (Fsp3) is 0.250. The zero-order valence-corrected chi connectivity index (χ0v) is 16.4. The second-order valence-corrected chi connectivity index (χ2v) is 6.05. The average Bonchev–Trinajstić information content (AvgIpc) is 2.59. The first-order valence-corrected chi connectivity index (χ1v) is 8.01. The Bertz CT molecular complexity index is 839. The molecular weight excluding hydrogens is 377 g/mol. The molecule has 0 spiro atoms. The van der Waals surface area contributed by atoms with Crippen LogP contribution in [0.4, 0.5) is 0 Å². The first kappa shape index (κ1) is 17.4. The Kier molecular flexibility index (Phi) is 4.93. The number of carbonyl (C=O) groups is 2. The van der Waals surface area contributed by atoms with E-state index in [1.54, 1.807) is 6.42 Å². The topological polar surface area (TPSA) is 43.4 Å². The van der Waals surface area contributed by atoms with Crippen molar-refractivity contribution in [3.8, 4) is 16.9 Å². The second kappa shape index (κ2) is 6.81. The molecule has 0 amide bonds. The Balaban J connectivity index is 0.00000169. The summed E-state index contributed by atoms with van der Waals surface area (Å²) in [6.45, 7) is 2.30. The van der Waals surface area contributed by atoms with Gasteiger partial charge in [-0.3, -0.25) is 4.79 Å². The van der Waals surface area contributed by atoms with Crippen LogP contribution in [0, 0.1) is 6.42 Å². The van der Waals surface area contributed by atoms with Gasteiger partial charge in [0.05, 0.1) is 0 Å². The van der Waals surface area contributed by atoms with Crippen molar-refractivity contribution in [3.63, 3.8) is 0 Å². The van der Waals surface area contributed by atoms with Gasteiger partial charge in [0.1, 0.15) is 12.4 Å². The van der Waals surface area contributed by atoms with E-state index in [9.17, 15) is 9.59 Å². The molecular formula is C20H17O3Y-. The molecule has 24 heavy (non-hydrogen) atoms. The quantitative estimate of drug-likeness (QED) is 0.567. The van der Waals surface area contributed by atoms with E-state index in [0.717, 1.165) is 52.0 Å². The molecule has 0 fully saturated rings. The van der Waals surface area contributed by atoms with Gasteiger partial charge in [0, 0.05) is 56.0 Å². The van der Waals surface area contributed by atoms with Gasteiger partial charge in [-0.1, -0.05) is 44.0 Å². The molecule has 3 nitrogen and oxygen atoms in total. The number of aryl methyl sites for hydroxylation is 1. The second-order valence-electron chi connectivity index (χ2n) is 6.05. The summed E-state index contributed by atoms with van der Waals surface area (Å²) >= 11 is 0. The van der Waals surface area contributed by atoms with Crippen molar-refractivity contribution < 1.29 is 47.0 Å². The smallest absolute Gasteiger partial charge is 0.162 e. The zero-order valence-electron chi connectivity index (χ0n) is 13.6. The fourth-order valence-corrected chi connectivity index (χ4v) is 3.37. The average molecular weight is 394 g/mol. The SMILES string of the molecule is CCC(=O)c1ccc2c(c1)COc1cc3c(cc1-2)CC[CH-]C3=O.[Y]. The van der Waals surface area contributed by atoms with Crippen LogP contribution in [-0.4, -0.2) is 11.6 Å². The predicted molar refractivity (Wildman–Crippen MR) is 87.8 cm³/mol. The van der Waals surface area contributed by atoms with Gasteiger partial charge in [-0.05, 0) is 17.2 Å². The molecule has 1 radical (unpaired) electrons. The van der Waals surface area contributed by atoms with E-state index in [4.69, 9.17) is 4.74 Å². The summed E-state index contributed by atoms with van der Waals surface area (Å²) in [5.41, 5.74) is 5.74. The summed E-state index contributed by atoms with van der Waals surface area (Å²) in [4.78, 5) is 23.9. The number of ether oxygens (including phenoxy) is 1. The first-order valence-electron chi connectivity index (χ1n) is 8.01. The minimum atomic E-state index is 0. The van der Waals surface area contributed by atoms with Gasteiger partial charge in [0.25, 0.3) is 0 Å². The summed E-state index contributed by atoms with van der Waals surface area (Å²) in [5, 5.41) is 0. The van der Waals surface area contributed by atoms with Gasteiger partial charge < -0.3 is 9.53 Å². The van der Waals surface area contributed by atoms with E-state index < -0.39 is 0 Å². The van der Waals surface area contributed by atoms with Gasteiger partial charge in [-0.2, -0.15) is 6.42 Å². The van der Waals surface area contributed by atoms with Crippen LogP contribution < -0.4 is 4.74 Å². The fourth-order valence-electron chi connectivity index (χ4n) is 3.37. The van der Waals surface area contributed by atoms with Crippen LogP contribution in [-0.2, 0) is 45.7 Å². The van der Waals surface area contributed by atoms with Crippen LogP contribution in [0.2, 0.25) is 0 Å². The van der Waals surface area contributed by atoms with Crippen LogP contribution in [0.5, 0.6) is 5.75 Å². The first-order chi connectivity index (χ1) is 11.2. The molecule has 1 aliphatic carbocycles. The molecule has 1 heterocycles. The van der Waals surface area contributed by atoms with Crippen LogP contribution in [0.3, 0.4) is 0 Å². The molecule has 0 saturated carbocycles. The maximum absolute atomic E-state index is 12.0. The molecule has 0 bridgehead atoms. The molecule has 119 valence electrons. The van der Waals surface area contributed by atoms with Crippen molar-refractivity contribution in [2.24, 2.45) is 0 Å². The van der Waals surface area contributed by atoms with Crippen molar-refractivity contribution in [2.45, 2.75) is 32.8 Å². The molecule has 0 N–H and O–H groups in total. The standard InChI is InChI=1S/C20H17O3.Y/c1-2-18(21)13-6-7-15-14(8-13)11-23-20-10-16-12(9-17(15)20)4-3-5-19(16)22;/h5-10H,2-4,11H2,1H3;/q-1;. The van der Waals surface area contributed by atoms with Crippen molar-refractivity contribution in [1.29, 1.82) is 0 Å². The molecule has 4 heteroatoms. The summed E-state index contributed by atoms with van der Waals surface area (Å²) in [6, 6.07) is 9.77. The van der Waals surface area contributed by atoms with E-state index in [-0.39, 0.29) is 44.3 Å². The Morgan fingerprint density at radius 3 is 2.75 bits per heavy atom. The molecule has 0 aromatic heterocycles. The number of rotatable bonds is 2. The Labute approximate surface area is 166 Å². The van der Waals surface area contributed by atoms with E-state index in [0.29, 0.717) is 13.0 Å². The van der Waals surface area contributed by atoms with Crippen LogP contribution >= 0.6 is 0 Å². The number of hydrogen-bond donors (Lipinski definition) is 0. The molecule has 0 atom stereocenters. The largest absolute Gasteiger partial charge is 0.490 e. The third-order valence-corrected chi connectivity index (χ3v) is 4.64. The zero-order chi connectivity index (χ0) is 16.0. The van der Waals surface area contributed by atoms with E-state index in [1.165, 1.54) is 0 Å². The number of hydrogen-bond acceptors (Lipinski definition) is 3. The van der Waals surface area contributed by atoms with Crippen molar-refractivity contribution in [3.05, 3.63) is 59.0 Å². The van der Waals surface area contributed by atoms with Crippen LogP contribution in [0.25, 0.3) is 11.1 Å². The number of ketones is 2. The third-order valence-electron chi connectivity index (χ3n) is 4.64. The van der Waals surface area contributed by atoms with Gasteiger partial charge >= 0.3 is 0 Å². The van der Waals surface area contributed by atoms with Gasteiger partial charge in [-0.15, -0.1) is 11.1 Å². The van der Waals surface area contributed by atoms with E-state index in [2.05, 4.69) is 6.07 Å². The minimum absolute atomic E-state index is 0. The summed E-state index contributed by atoms with van der Waals surface area (Å²) in [7, 11) is 0. The number of fused-ring (bicyclic) bond motifs is 4. The number of benzene rings is 2. The van der Waals surface area contributed by atoms with Crippen LogP contribution in [0.15, 0.2) is 30.3 Å². The molecule has 2 aromatic rings. The van der Waals surface area contributed by atoms with Crippen molar-refractivity contribution in [1.82, 2.24) is 0 Å². The maximum Gasteiger partial charge on any atom is 0.162 e. The van der Waals surface area contributed by atoms with E-state index in [1.807, 2.05) is 31.2 Å². The molecule has 2 aromatic carbocycles. The van der Waals surface area contributed by atoms with Crippen molar-refractivity contribution >= 4 is 11.6 Å². The third kappa shape index (κ3) is 2.85. The van der Waals surface area contributed by atoms with Gasteiger partial charge in [-0.25, -0.2) is 0 Å². The molecule has 0 saturated heterocycles. The maximum atomic E-state index is 12.0. The van der Waals surface area contributed by atoms with Gasteiger partial charge in [0.15, 0.2) is 5.78 Å². The Morgan fingerprint density at radius 1 is 1.12 bits per heavy atom. The molecule has 0 unspecified atom stereocenters. The molecule has 2 aliphatic rings. The Hall–Kier alpha value is -1.45. The summed E-state index contributed by atoms with van der Waals surface area (Å²) in [6.07, 6.45) is 3.93. The molecule has 1 aliphatic heterocycles. The summed E-state index contributed by atoms with van der Waals surface area (Å²) < 4.78 is 5.86.